The smallest absolute Gasteiger partial charge is 0.138 e. The van der Waals surface area contributed by atoms with Crippen molar-refractivity contribution >= 4 is 5.78 Å². The summed E-state index contributed by atoms with van der Waals surface area (Å²) in [6.07, 6.45) is 3.78. The minimum Gasteiger partial charge on any atom is -0.373 e. The maximum atomic E-state index is 11.4. The molecule has 0 bridgehead atoms. The summed E-state index contributed by atoms with van der Waals surface area (Å²) in [6, 6.07) is 8.62. The molecule has 1 unspecified atom stereocenters. The van der Waals surface area contributed by atoms with Gasteiger partial charge in [0, 0.05) is 12.8 Å². The standard InChI is InChI=1S/C14H16O2/c15-13-7-8-16-14(9-13)12-5-3-11(4-6-12)10-1-2-10/h3-6,10,14H,1-2,7-9H2. The average molecular weight is 216 g/mol. The molecule has 1 aromatic rings. The third-order valence-electron chi connectivity index (χ3n) is 3.47. The van der Waals surface area contributed by atoms with E-state index in [0.29, 0.717) is 25.2 Å². The van der Waals surface area contributed by atoms with Gasteiger partial charge in [-0.25, -0.2) is 0 Å². The van der Waals surface area contributed by atoms with Crippen LogP contribution >= 0.6 is 0 Å². The van der Waals surface area contributed by atoms with Crippen molar-refractivity contribution < 1.29 is 9.53 Å². The van der Waals surface area contributed by atoms with E-state index in [1.807, 2.05) is 0 Å². The van der Waals surface area contributed by atoms with E-state index in [2.05, 4.69) is 24.3 Å². The molecule has 2 aliphatic rings. The summed E-state index contributed by atoms with van der Waals surface area (Å²) in [5, 5.41) is 0. The highest BCUT2D eigenvalue weighted by Crippen LogP contribution is 2.40. The second-order valence-corrected chi connectivity index (χ2v) is 4.79. The van der Waals surface area contributed by atoms with Crippen LogP contribution in [0.25, 0.3) is 0 Å². The molecule has 0 N–H and O–H groups in total. The Labute approximate surface area is 95.6 Å². The highest BCUT2D eigenvalue weighted by atomic mass is 16.5. The van der Waals surface area contributed by atoms with E-state index in [0.717, 1.165) is 11.5 Å². The molecule has 1 saturated carbocycles. The Kier molecular flexibility index (Phi) is 2.52. The molecule has 1 aliphatic carbocycles. The number of hydrogen-bond acceptors (Lipinski definition) is 2. The second-order valence-electron chi connectivity index (χ2n) is 4.79. The summed E-state index contributed by atoms with van der Waals surface area (Å²) in [5.41, 5.74) is 2.59. The van der Waals surface area contributed by atoms with Crippen molar-refractivity contribution in [2.75, 3.05) is 6.61 Å². The highest BCUT2D eigenvalue weighted by Gasteiger charge is 2.25. The molecule has 1 aromatic carbocycles. The maximum Gasteiger partial charge on any atom is 0.138 e. The molecule has 3 rings (SSSR count). The summed E-state index contributed by atoms with van der Waals surface area (Å²) < 4.78 is 5.63. The normalized spacial score (nSPS) is 25.8. The number of rotatable bonds is 2. The largest absolute Gasteiger partial charge is 0.373 e. The van der Waals surface area contributed by atoms with Crippen LogP contribution in [-0.4, -0.2) is 12.4 Å². The molecule has 2 heteroatoms. The van der Waals surface area contributed by atoms with Crippen LogP contribution in [-0.2, 0) is 9.53 Å². The summed E-state index contributed by atoms with van der Waals surface area (Å²) in [7, 11) is 0. The van der Waals surface area contributed by atoms with E-state index >= 15 is 0 Å². The molecular weight excluding hydrogens is 200 g/mol. The van der Waals surface area contributed by atoms with Crippen molar-refractivity contribution in [3.63, 3.8) is 0 Å². The quantitative estimate of drug-likeness (QED) is 0.759. The molecule has 1 heterocycles. The van der Waals surface area contributed by atoms with Gasteiger partial charge in [0.25, 0.3) is 0 Å². The van der Waals surface area contributed by atoms with Crippen LogP contribution in [0, 0.1) is 0 Å². The molecular formula is C14H16O2. The van der Waals surface area contributed by atoms with Crippen LogP contribution in [0.4, 0.5) is 0 Å². The molecule has 2 nitrogen and oxygen atoms in total. The van der Waals surface area contributed by atoms with Crippen LogP contribution < -0.4 is 0 Å². The van der Waals surface area contributed by atoms with E-state index < -0.39 is 0 Å². The van der Waals surface area contributed by atoms with Crippen LogP contribution in [0.15, 0.2) is 24.3 Å². The van der Waals surface area contributed by atoms with Gasteiger partial charge in [0.05, 0.1) is 12.7 Å². The summed E-state index contributed by atoms with van der Waals surface area (Å²) in [6.45, 7) is 0.577. The van der Waals surface area contributed by atoms with Gasteiger partial charge in [-0.05, 0) is 29.9 Å². The van der Waals surface area contributed by atoms with Crippen molar-refractivity contribution in [3.8, 4) is 0 Å². The first-order chi connectivity index (χ1) is 7.83. The lowest BCUT2D eigenvalue weighted by atomic mass is 9.98. The van der Waals surface area contributed by atoms with Crippen molar-refractivity contribution in [1.29, 1.82) is 0 Å². The lowest BCUT2D eigenvalue weighted by Gasteiger charge is -2.22. The van der Waals surface area contributed by atoms with Crippen molar-refractivity contribution in [1.82, 2.24) is 0 Å². The molecule has 1 atom stereocenters. The maximum absolute atomic E-state index is 11.4. The fourth-order valence-corrected chi connectivity index (χ4v) is 2.30. The molecule has 0 spiro atoms. The minimum atomic E-state index is -0.00509. The third kappa shape index (κ3) is 2.03. The fraction of sp³-hybridized carbons (Fsp3) is 0.500. The van der Waals surface area contributed by atoms with Crippen LogP contribution in [0.2, 0.25) is 0 Å². The lowest BCUT2D eigenvalue weighted by molar-refractivity contribution is -0.128. The lowest BCUT2D eigenvalue weighted by Crippen LogP contribution is -2.19. The van der Waals surface area contributed by atoms with Crippen LogP contribution in [0.3, 0.4) is 0 Å². The second kappa shape index (κ2) is 4.02. The predicted molar refractivity (Wildman–Crippen MR) is 61.4 cm³/mol. The molecule has 0 radical (unpaired) electrons. The molecule has 1 saturated heterocycles. The summed E-state index contributed by atoms with van der Waals surface area (Å²) in [4.78, 5) is 11.4. The third-order valence-corrected chi connectivity index (χ3v) is 3.47. The summed E-state index contributed by atoms with van der Waals surface area (Å²) >= 11 is 0. The first-order valence-corrected chi connectivity index (χ1v) is 6.06. The number of Topliss-reactive ketones (excluding diaryl/α,β-unsaturated/α-hetero) is 1. The topological polar surface area (TPSA) is 26.3 Å². The Hall–Kier alpha value is -1.15. The number of carbonyl (C=O) groups is 1. The Morgan fingerprint density at radius 1 is 1.06 bits per heavy atom. The van der Waals surface area contributed by atoms with Crippen molar-refractivity contribution in [2.24, 2.45) is 0 Å². The van der Waals surface area contributed by atoms with Gasteiger partial charge >= 0.3 is 0 Å². The Morgan fingerprint density at radius 2 is 1.75 bits per heavy atom. The van der Waals surface area contributed by atoms with Gasteiger partial charge in [-0.2, -0.15) is 0 Å². The van der Waals surface area contributed by atoms with Gasteiger partial charge in [0.1, 0.15) is 5.78 Å². The van der Waals surface area contributed by atoms with Gasteiger partial charge in [0.15, 0.2) is 0 Å². The van der Waals surface area contributed by atoms with Crippen molar-refractivity contribution in [3.05, 3.63) is 35.4 Å². The Bertz CT molecular complexity index is 390. The summed E-state index contributed by atoms with van der Waals surface area (Å²) in [5.74, 6) is 1.12. The van der Waals surface area contributed by atoms with E-state index in [-0.39, 0.29) is 6.10 Å². The van der Waals surface area contributed by atoms with Gasteiger partial charge in [-0.3, -0.25) is 4.79 Å². The van der Waals surface area contributed by atoms with E-state index in [1.165, 1.54) is 18.4 Å². The minimum absolute atomic E-state index is 0.00509. The van der Waals surface area contributed by atoms with Crippen LogP contribution in [0.1, 0.15) is 48.8 Å². The fourth-order valence-electron chi connectivity index (χ4n) is 2.30. The zero-order chi connectivity index (χ0) is 11.0. The van der Waals surface area contributed by atoms with E-state index in [4.69, 9.17) is 4.74 Å². The number of carbonyl (C=O) groups excluding carboxylic acids is 1. The average Bonchev–Trinajstić information content (AvgIpc) is 3.13. The van der Waals surface area contributed by atoms with E-state index in [9.17, 15) is 4.79 Å². The van der Waals surface area contributed by atoms with Gasteiger partial charge < -0.3 is 4.74 Å². The van der Waals surface area contributed by atoms with Crippen LogP contribution in [0.5, 0.6) is 0 Å². The van der Waals surface area contributed by atoms with Gasteiger partial charge in [0.2, 0.25) is 0 Å². The molecule has 0 amide bonds. The molecule has 1 aliphatic heterocycles. The number of ether oxygens (including phenoxy) is 1. The molecule has 0 aromatic heterocycles. The number of ketones is 1. The highest BCUT2D eigenvalue weighted by molar-refractivity contribution is 5.79. The number of benzene rings is 1. The first-order valence-electron chi connectivity index (χ1n) is 6.06. The molecule has 84 valence electrons. The molecule has 16 heavy (non-hydrogen) atoms. The first kappa shape index (κ1) is 10.0. The van der Waals surface area contributed by atoms with Crippen molar-refractivity contribution in [2.45, 2.75) is 37.7 Å². The Morgan fingerprint density at radius 3 is 2.38 bits per heavy atom. The SMILES string of the molecule is O=C1CCOC(c2ccc(C3CC3)cc2)C1. The number of hydrogen-bond donors (Lipinski definition) is 0. The monoisotopic (exact) mass is 216 g/mol. The zero-order valence-electron chi connectivity index (χ0n) is 9.32. The van der Waals surface area contributed by atoms with E-state index in [1.54, 1.807) is 0 Å². The van der Waals surface area contributed by atoms with Gasteiger partial charge in [-0.15, -0.1) is 0 Å². The Balaban J connectivity index is 1.75. The predicted octanol–water partition coefficient (Wildman–Crippen LogP) is 2.98. The molecule has 2 fully saturated rings. The van der Waals surface area contributed by atoms with Gasteiger partial charge in [-0.1, -0.05) is 24.3 Å². The zero-order valence-corrected chi connectivity index (χ0v) is 9.32.